The molecule has 2 rings (SSSR count). The molecule has 0 N–H and O–H groups in total. The normalized spacial score (nSPS) is 25.1. The van der Waals surface area contributed by atoms with Crippen molar-refractivity contribution in [3.63, 3.8) is 0 Å². The van der Waals surface area contributed by atoms with E-state index in [1.54, 1.807) is 24.4 Å². The fourth-order valence-corrected chi connectivity index (χ4v) is 1.39. The molecule has 0 saturated heterocycles. The summed E-state index contributed by atoms with van der Waals surface area (Å²) in [5.74, 6) is 0.521. The smallest absolute Gasteiger partial charge is 0.260 e. The van der Waals surface area contributed by atoms with Crippen molar-refractivity contribution < 1.29 is 9.34 Å². The number of dihydropyridines is 1. The predicted octanol–water partition coefficient (Wildman–Crippen LogP) is 1.61. The third kappa shape index (κ3) is 1.44. The number of furan rings is 1. The zero-order valence-electron chi connectivity index (χ0n) is 7.24. The van der Waals surface area contributed by atoms with Crippen LogP contribution in [0.5, 0.6) is 0 Å². The van der Waals surface area contributed by atoms with E-state index in [2.05, 4.69) is 4.99 Å². The molecule has 1 aliphatic heterocycles. The third-order valence-electron chi connectivity index (χ3n) is 2.04. The second-order valence-electron chi connectivity index (χ2n) is 2.92. The average Bonchev–Trinajstić information content (AvgIpc) is 2.70. The van der Waals surface area contributed by atoms with Crippen LogP contribution in [0.25, 0.3) is 0 Å². The number of hydrogen-bond acceptors (Lipinski definition) is 4. The fraction of sp³-hybridized carbons (Fsp3) is 0.222. The molecule has 14 heavy (non-hydrogen) atoms. The first-order valence-electron chi connectivity index (χ1n) is 4.16. The molecule has 2 atom stereocenters. The summed E-state index contributed by atoms with van der Waals surface area (Å²) in [6.45, 7) is 0. The van der Waals surface area contributed by atoms with E-state index in [-0.39, 0.29) is 4.92 Å². The van der Waals surface area contributed by atoms with Gasteiger partial charge in [-0.15, -0.1) is 0 Å². The van der Waals surface area contributed by atoms with Crippen LogP contribution in [0.3, 0.4) is 0 Å². The summed E-state index contributed by atoms with van der Waals surface area (Å²) >= 11 is 0. The van der Waals surface area contributed by atoms with Gasteiger partial charge in [-0.25, -0.2) is 0 Å². The number of nitrogens with zero attached hydrogens (tertiary/aromatic N) is 2. The van der Waals surface area contributed by atoms with E-state index < -0.39 is 12.1 Å². The van der Waals surface area contributed by atoms with E-state index in [0.29, 0.717) is 5.76 Å². The van der Waals surface area contributed by atoms with Crippen molar-refractivity contribution in [3.05, 3.63) is 46.4 Å². The van der Waals surface area contributed by atoms with Gasteiger partial charge in [0.05, 0.1) is 6.26 Å². The first-order valence-corrected chi connectivity index (χ1v) is 4.16. The maximum Gasteiger partial charge on any atom is 0.260 e. The molecule has 0 radical (unpaired) electrons. The molecule has 2 unspecified atom stereocenters. The van der Waals surface area contributed by atoms with Crippen LogP contribution in [0.15, 0.2) is 40.0 Å². The average molecular weight is 192 g/mol. The summed E-state index contributed by atoms with van der Waals surface area (Å²) in [5, 5.41) is 10.7. The Bertz CT molecular complexity index is 381. The SMILES string of the molecule is O=[N+]([O-])C1C=CC=NC1c1ccco1. The van der Waals surface area contributed by atoms with Gasteiger partial charge in [0, 0.05) is 11.1 Å². The number of rotatable bonds is 2. The van der Waals surface area contributed by atoms with Crippen LogP contribution in [0.2, 0.25) is 0 Å². The first-order chi connectivity index (χ1) is 6.79. The van der Waals surface area contributed by atoms with Crippen molar-refractivity contribution in [2.75, 3.05) is 0 Å². The van der Waals surface area contributed by atoms with Crippen LogP contribution in [-0.4, -0.2) is 17.2 Å². The molecule has 1 aromatic heterocycles. The van der Waals surface area contributed by atoms with Gasteiger partial charge < -0.3 is 4.42 Å². The molecule has 1 aliphatic rings. The Labute approximate surface area is 79.9 Å². The molecule has 2 heterocycles. The first kappa shape index (κ1) is 8.68. The zero-order valence-corrected chi connectivity index (χ0v) is 7.24. The van der Waals surface area contributed by atoms with E-state index in [0.717, 1.165) is 0 Å². The maximum absolute atomic E-state index is 10.7. The molecule has 0 fully saturated rings. The highest BCUT2D eigenvalue weighted by molar-refractivity contribution is 5.72. The Morgan fingerprint density at radius 1 is 1.57 bits per heavy atom. The van der Waals surface area contributed by atoms with Crippen molar-refractivity contribution in [1.82, 2.24) is 0 Å². The van der Waals surface area contributed by atoms with Crippen molar-refractivity contribution in [1.29, 1.82) is 0 Å². The molecule has 0 spiro atoms. The summed E-state index contributed by atoms with van der Waals surface area (Å²) in [6.07, 6.45) is 6.13. The molecule has 1 aromatic rings. The van der Waals surface area contributed by atoms with Crippen LogP contribution >= 0.6 is 0 Å². The van der Waals surface area contributed by atoms with Crippen molar-refractivity contribution in [2.45, 2.75) is 12.1 Å². The summed E-state index contributed by atoms with van der Waals surface area (Å²) in [6, 6.07) is 2.02. The Morgan fingerprint density at radius 2 is 2.43 bits per heavy atom. The quantitative estimate of drug-likeness (QED) is 0.528. The fourth-order valence-electron chi connectivity index (χ4n) is 1.39. The Balaban J connectivity index is 2.29. The van der Waals surface area contributed by atoms with Gasteiger partial charge in [0.1, 0.15) is 5.76 Å². The lowest BCUT2D eigenvalue weighted by atomic mass is 10.0. The van der Waals surface area contributed by atoms with Gasteiger partial charge in [0.25, 0.3) is 6.04 Å². The second kappa shape index (κ2) is 3.45. The molecule has 0 aliphatic carbocycles. The summed E-state index contributed by atoms with van der Waals surface area (Å²) < 4.78 is 5.10. The van der Waals surface area contributed by atoms with Gasteiger partial charge in [-0.1, -0.05) is 0 Å². The molecule has 5 heteroatoms. The van der Waals surface area contributed by atoms with Gasteiger partial charge >= 0.3 is 0 Å². The maximum atomic E-state index is 10.7. The van der Waals surface area contributed by atoms with Gasteiger partial charge in [-0.3, -0.25) is 15.1 Å². The summed E-state index contributed by atoms with van der Waals surface area (Å²) in [7, 11) is 0. The number of hydrogen-bond donors (Lipinski definition) is 0. The molecule has 72 valence electrons. The Morgan fingerprint density at radius 3 is 3.07 bits per heavy atom. The lowest BCUT2D eigenvalue weighted by Crippen LogP contribution is -2.25. The molecular formula is C9H8N2O3. The Kier molecular flexibility index (Phi) is 2.14. The van der Waals surface area contributed by atoms with Gasteiger partial charge in [-0.05, 0) is 24.3 Å². The van der Waals surface area contributed by atoms with E-state index in [1.165, 1.54) is 12.3 Å². The largest absolute Gasteiger partial charge is 0.467 e. The van der Waals surface area contributed by atoms with Gasteiger partial charge in [0.15, 0.2) is 6.04 Å². The second-order valence-corrected chi connectivity index (χ2v) is 2.92. The molecule has 0 bridgehead atoms. The highest BCUT2D eigenvalue weighted by Gasteiger charge is 2.32. The number of nitro groups is 1. The van der Waals surface area contributed by atoms with Crippen LogP contribution in [0, 0.1) is 10.1 Å². The van der Waals surface area contributed by atoms with Gasteiger partial charge in [-0.2, -0.15) is 0 Å². The van der Waals surface area contributed by atoms with Crippen LogP contribution in [0.4, 0.5) is 0 Å². The number of aliphatic imine (C=N–C) groups is 1. The highest BCUT2D eigenvalue weighted by Crippen LogP contribution is 2.25. The van der Waals surface area contributed by atoms with Crippen LogP contribution in [0.1, 0.15) is 11.8 Å². The van der Waals surface area contributed by atoms with Crippen molar-refractivity contribution >= 4 is 6.21 Å². The van der Waals surface area contributed by atoms with E-state index in [4.69, 9.17) is 4.42 Å². The van der Waals surface area contributed by atoms with Crippen molar-refractivity contribution in [2.24, 2.45) is 4.99 Å². The minimum absolute atomic E-state index is 0.361. The van der Waals surface area contributed by atoms with Crippen LogP contribution in [-0.2, 0) is 0 Å². The standard InChI is InChI=1S/C9H8N2O3/c12-11(13)7-3-1-5-10-9(7)8-4-2-6-14-8/h1-7,9H. The monoisotopic (exact) mass is 192 g/mol. The minimum Gasteiger partial charge on any atom is -0.467 e. The minimum atomic E-state index is -0.828. The third-order valence-corrected chi connectivity index (χ3v) is 2.04. The predicted molar refractivity (Wildman–Crippen MR) is 49.9 cm³/mol. The molecule has 0 aromatic carbocycles. The van der Waals surface area contributed by atoms with Crippen LogP contribution < -0.4 is 0 Å². The zero-order chi connectivity index (χ0) is 9.97. The summed E-state index contributed by atoms with van der Waals surface area (Å²) in [4.78, 5) is 14.4. The topological polar surface area (TPSA) is 68.6 Å². The lowest BCUT2D eigenvalue weighted by Gasteiger charge is -2.14. The molecule has 0 amide bonds. The Hall–Kier alpha value is -1.91. The van der Waals surface area contributed by atoms with Gasteiger partial charge in [0.2, 0.25) is 0 Å². The van der Waals surface area contributed by atoms with E-state index in [1.807, 2.05) is 0 Å². The molecule has 0 saturated carbocycles. The van der Waals surface area contributed by atoms with E-state index >= 15 is 0 Å². The summed E-state index contributed by atoms with van der Waals surface area (Å²) in [5.41, 5.74) is 0. The highest BCUT2D eigenvalue weighted by atomic mass is 16.6. The lowest BCUT2D eigenvalue weighted by molar-refractivity contribution is -0.513. The molecular weight excluding hydrogens is 184 g/mol. The molecule has 5 nitrogen and oxygen atoms in total. The van der Waals surface area contributed by atoms with E-state index in [9.17, 15) is 10.1 Å². The van der Waals surface area contributed by atoms with Crippen molar-refractivity contribution in [3.8, 4) is 0 Å². The number of allylic oxidation sites excluding steroid dienone is 1.